The van der Waals surface area contributed by atoms with Crippen molar-refractivity contribution in [1.29, 1.82) is 0 Å². The van der Waals surface area contributed by atoms with Gasteiger partial charge in [-0.2, -0.15) is 0 Å². The van der Waals surface area contributed by atoms with E-state index in [0.29, 0.717) is 5.56 Å². The average Bonchev–Trinajstić information content (AvgIpc) is 2.03. The van der Waals surface area contributed by atoms with Crippen LogP contribution in [0.15, 0.2) is 18.2 Å². The van der Waals surface area contributed by atoms with Crippen LogP contribution in [-0.2, 0) is 4.74 Å². The molecule has 0 aliphatic carbocycles. The number of ether oxygens (including phenoxy) is 1. The van der Waals surface area contributed by atoms with Crippen molar-refractivity contribution in [3.63, 3.8) is 0 Å². The van der Waals surface area contributed by atoms with Crippen molar-refractivity contribution >= 4 is 5.97 Å². The van der Waals surface area contributed by atoms with E-state index in [0.717, 1.165) is 0 Å². The number of rotatable bonds is 1. The van der Waals surface area contributed by atoms with Crippen molar-refractivity contribution in [2.24, 2.45) is 0 Å². The van der Waals surface area contributed by atoms with E-state index >= 15 is 0 Å². The molecule has 1 aromatic rings. The predicted octanol–water partition coefficient (Wildman–Crippen LogP) is 1.79. The van der Waals surface area contributed by atoms with Crippen LogP contribution in [0.4, 0.5) is 4.39 Å². The molecule has 3 heteroatoms. The van der Waals surface area contributed by atoms with Gasteiger partial charge in [0, 0.05) is 0 Å². The van der Waals surface area contributed by atoms with E-state index in [1.165, 1.54) is 19.2 Å². The van der Waals surface area contributed by atoms with Crippen LogP contribution < -0.4 is 0 Å². The maximum atomic E-state index is 12.9. The summed E-state index contributed by atoms with van der Waals surface area (Å²) in [6.07, 6.45) is 0. The minimum Gasteiger partial charge on any atom is -0.465 e. The van der Waals surface area contributed by atoms with Crippen LogP contribution in [0.3, 0.4) is 0 Å². The van der Waals surface area contributed by atoms with E-state index in [9.17, 15) is 9.18 Å². The lowest BCUT2D eigenvalue weighted by molar-refractivity contribution is 0.0595. The first-order valence-electron chi connectivity index (χ1n) is 3.35. The average molecular weight is 167 g/mol. The van der Waals surface area contributed by atoms with Gasteiger partial charge in [0.05, 0.1) is 12.7 Å². The third-order valence-electron chi connectivity index (χ3n) is 1.49. The highest BCUT2D eigenvalue weighted by molar-refractivity contribution is 5.91. The zero-order valence-corrected chi connectivity index (χ0v) is 6.63. The number of benzene rings is 1. The molecule has 2 nitrogen and oxygen atoms in total. The van der Waals surface area contributed by atoms with Crippen LogP contribution in [0.1, 0.15) is 15.9 Å². The lowest BCUT2D eigenvalue weighted by Crippen LogP contribution is -2.06. The molecule has 0 aromatic heterocycles. The fourth-order valence-electron chi connectivity index (χ4n) is 0.899. The van der Waals surface area contributed by atoms with Gasteiger partial charge in [-0.3, -0.25) is 0 Å². The molecule has 0 N–H and O–H groups in total. The lowest BCUT2D eigenvalue weighted by Gasteiger charge is -2.03. The topological polar surface area (TPSA) is 26.3 Å². The van der Waals surface area contributed by atoms with Crippen LogP contribution in [0.5, 0.6) is 0 Å². The monoisotopic (exact) mass is 167 g/mol. The predicted molar refractivity (Wildman–Crippen MR) is 42.2 cm³/mol. The van der Waals surface area contributed by atoms with Gasteiger partial charge >= 0.3 is 5.97 Å². The largest absolute Gasteiger partial charge is 0.465 e. The normalized spacial score (nSPS) is 9.58. The molecule has 12 heavy (non-hydrogen) atoms. The van der Waals surface area contributed by atoms with Gasteiger partial charge in [-0.15, -0.1) is 0 Å². The molecule has 0 saturated carbocycles. The van der Waals surface area contributed by atoms with Crippen molar-refractivity contribution in [2.75, 3.05) is 7.11 Å². The Hall–Kier alpha value is -1.38. The Kier molecular flexibility index (Phi) is 2.43. The van der Waals surface area contributed by atoms with Gasteiger partial charge in [0.15, 0.2) is 0 Å². The smallest absolute Gasteiger partial charge is 0.341 e. The van der Waals surface area contributed by atoms with Crippen LogP contribution >= 0.6 is 0 Å². The highest BCUT2D eigenvalue weighted by atomic mass is 19.1. The second-order valence-corrected chi connectivity index (χ2v) is 2.27. The fraction of sp³-hybridized carbons (Fsp3) is 0.111. The quantitative estimate of drug-likeness (QED) is 0.596. The Labute approximate surface area is 70.0 Å². The fourth-order valence-corrected chi connectivity index (χ4v) is 0.899. The molecule has 1 aromatic carbocycles. The third kappa shape index (κ3) is 1.44. The Bertz CT molecular complexity index is 287. The lowest BCUT2D eigenvalue weighted by atomic mass is 10.1. The van der Waals surface area contributed by atoms with E-state index < -0.39 is 11.8 Å². The molecule has 0 aliphatic rings. The van der Waals surface area contributed by atoms with Gasteiger partial charge in [-0.1, -0.05) is 12.1 Å². The Balaban J connectivity index is 3.21. The highest BCUT2D eigenvalue weighted by Crippen LogP contribution is 2.12. The van der Waals surface area contributed by atoms with Crippen LogP contribution in [0.25, 0.3) is 0 Å². The number of hydrogen-bond donors (Lipinski definition) is 0. The Morgan fingerprint density at radius 3 is 2.75 bits per heavy atom. The van der Waals surface area contributed by atoms with Gasteiger partial charge in [-0.25, -0.2) is 9.18 Å². The minimum absolute atomic E-state index is 0.0972. The summed E-state index contributed by atoms with van der Waals surface area (Å²) >= 11 is 0. The maximum absolute atomic E-state index is 12.9. The molecule has 0 aliphatic heterocycles. The van der Waals surface area contributed by atoms with Crippen molar-refractivity contribution in [3.8, 4) is 0 Å². The molecule has 1 radical (unpaired) electrons. The number of carbonyl (C=O) groups excluding carboxylic acids is 1. The number of carbonyl (C=O) groups is 1. The zero-order valence-electron chi connectivity index (χ0n) is 6.63. The standard InChI is InChI=1S/C9H8FO2/c1-6-4-3-5-7(10)8(6)9(11)12-2/h3-5H,1H2,2H3. The summed E-state index contributed by atoms with van der Waals surface area (Å²) < 4.78 is 17.3. The van der Waals surface area contributed by atoms with Crippen LogP contribution in [0.2, 0.25) is 0 Å². The first-order chi connectivity index (χ1) is 5.66. The molecular weight excluding hydrogens is 159 g/mol. The first-order valence-corrected chi connectivity index (χ1v) is 3.35. The van der Waals surface area contributed by atoms with E-state index in [1.807, 2.05) is 0 Å². The van der Waals surface area contributed by atoms with Gasteiger partial charge < -0.3 is 4.74 Å². The third-order valence-corrected chi connectivity index (χ3v) is 1.49. The number of halogens is 1. The maximum Gasteiger partial charge on any atom is 0.341 e. The zero-order chi connectivity index (χ0) is 9.14. The molecule has 0 fully saturated rings. The molecule has 0 heterocycles. The molecule has 0 unspecified atom stereocenters. The second kappa shape index (κ2) is 3.34. The first kappa shape index (κ1) is 8.71. The van der Waals surface area contributed by atoms with E-state index in [2.05, 4.69) is 11.7 Å². The number of methoxy groups -OCH3 is 1. The van der Waals surface area contributed by atoms with Crippen LogP contribution in [0, 0.1) is 12.7 Å². The second-order valence-electron chi connectivity index (χ2n) is 2.27. The number of esters is 1. The summed E-state index contributed by atoms with van der Waals surface area (Å²) in [6, 6.07) is 4.24. The molecule has 0 atom stereocenters. The summed E-state index contributed by atoms with van der Waals surface area (Å²) in [5.41, 5.74) is 0.238. The molecule has 1 rings (SSSR count). The van der Waals surface area contributed by atoms with Crippen molar-refractivity contribution in [2.45, 2.75) is 0 Å². The molecule has 0 bridgehead atoms. The highest BCUT2D eigenvalue weighted by Gasteiger charge is 2.13. The Morgan fingerprint density at radius 2 is 2.25 bits per heavy atom. The molecule has 0 spiro atoms. The SMILES string of the molecule is [CH2]c1cccc(F)c1C(=O)OC. The van der Waals surface area contributed by atoms with Crippen molar-refractivity contribution < 1.29 is 13.9 Å². The molecule has 0 amide bonds. The van der Waals surface area contributed by atoms with Gasteiger partial charge in [0.1, 0.15) is 5.82 Å². The van der Waals surface area contributed by atoms with Crippen LogP contribution in [-0.4, -0.2) is 13.1 Å². The van der Waals surface area contributed by atoms with Gasteiger partial charge in [0.2, 0.25) is 0 Å². The summed E-state index contributed by atoms with van der Waals surface area (Å²) in [5.74, 6) is -1.30. The Morgan fingerprint density at radius 1 is 1.58 bits per heavy atom. The molecule has 0 saturated heterocycles. The van der Waals surface area contributed by atoms with Crippen molar-refractivity contribution in [3.05, 3.63) is 42.1 Å². The van der Waals surface area contributed by atoms with E-state index in [-0.39, 0.29) is 5.56 Å². The summed E-state index contributed by atoms with van der Waals surface area (Å²) in [6.45, 7) is 3.51. The van der Waals surface area contributed by atoms with Gasteiger partial charge in [0.25, 0.3) is 0 Å². The summed E-state index contributed by atoms with van der Waals surface area (Å²) in [7, 11) is 1.20. The van der Waals surface area contributed by atoms with Gasteiger partial charge in [-0.05, 0) is 18.6 Å². The molecular formula is C9H8FO2. The minimum atomic E-state index is -0.696. The number of hydrogen-bond acceptors (Lipinski definition) is 2. The summed E-state index contributed by atoms with van der Waals surface area (Å²) in [5, 5.41) is 0. The summed E-state index contributed by atoms with van der Waals surface area (Å²) in [4.78, 5) is 11.0. The van der Waals surface area contributed by atoms with E-state index in [1.54, 1.807) is 6.07 Å². The van der Waals surface area contributed by atoms with Crippen molar-refractivity contribution in [1.82, 2.24) is 0 Å². The van der Waals surface area contributed by atoms with E-state index in [4.69, 9.17) is 0 Å². The molecule has 63 valence electrons.